The van der Waals surface area contributed by atoms with Crippen LogP contribution in [0.3, 0.4) is 0 Å². The molecule has 0 unspecified atom stereocenters. The number of carboxylic acids is 1. The van der Waals surface area contributed by atoms with Gasteiger partial charge in [-0.1, -0.05) is 20.8 Å². The molecular weight excluding hydrogens is 296 g/mol. The molecule has 124 valence electrons. The van der Waals surface area contributed by atoms with Gasteiger partial charge in [-0.15, -0.1) is 0 Å². The Balaban J connectivity index is 2.25. The lowest BCUT2D eigenvalue weighted by molar-refractivity contribution is 0.0661. The first-order valence-electron chi connectivity index (χ1n) is 7.36. The Labute approximate surface area is 135 Å². The molecule has 5 nitrogen and oxygen atoms in total. The fraction of sp³-hybridized carbons (Fsp3) is 0.389. The van der Waals surface area contributed by atoms with Crippen LogP contribution in [0.25, 0.3) is 0 Å². The van der Waals surface area contributed by atoms with Crippen LogP contribution in [0.4, 0.5) is 0 Å². The zero-order valence-corrected chi connectivity index (χ0v) is 14.1. The predicted molar refractivity (Wildman–Crippen MR) is 86.4 cm³/mol. The summed E-state index contributed by atoms with van der Waals surface area (Å²) in [7, 11) is 1.63. The van der Waals surface area contributed by atoms with Crippen molar-refractivity contribution in [3.63, 3.8) is 0 Å². The molecule has 1 N–H and O–H groups in total. The Kier molecular flexibility index (Phi) is 4.68. The van der Waals surface area contributed by atoms with E-state index in [0.717, 1.165) is 22.6 Å². The highest BCUT2D eigenvalue weighted by Crippen LogP contribution is 2.35. The highest BCUT2D eigenvalue weighted by Gasteiger charge is 2.21. The molecule has 2 aromatic rings. The quantitative estimate of drug-likeness (QED) is 0.896. The van der Waals surface area contributed by atoms with Crippen molar-refractivity contribution in [1.82, 2.24) is 0 Å². The topological polar surface area (TPSA) is 68.9 Å². The van der Waals surface area contributed by atoms with Gasteiger partial charge in [-0.2, -0.15) is 0 Å². The SMILES string of the molecule is COc1ccc(OCc2cc(C(=O)O)oc2C)c(C(C)(C)C)c1. The second kappa shape index (κ2) is 6.36. The van der Waals surface area contributed by atoms with Crippen LogP contribution >= 0.6 is 0 Å². The molecule has 23 heavy (non-hydrogen) atoms. The van der Waals surface area contributed by atoms with Crippen LogP contribution in [0.2, 0.25) is 0 Å². The molecule has 0 aliphatic carbocycles. The average molecular weight is 318 g/mol. The summed E-state index contributed by atoms with van der Waals surface area (Å²) < 4.78 is 16.4. The van der Waals surface area contributed by atoms with Crippen molar-refractivity contribution < 1.29 is 23.8 Å². The number of hydrogen-bond donors (Lipinski definition) is 1. The number of carbonyl (C=O) groups is 1. The fourth-order valence-electron chi connectivity index (χ4n) is 2.27. The van der Waals surface area contributed by atoms with Gasteiger partial charge in [-0.25, -0.2) is 4.79 Å². The van der Waals surface area contributed by atoms with Crippen LogP contribution in [0, 0.1) is 6.92 Å². The maximum absolute atomic E-state index is 10.9. The van der Waals surface area contributed by atoms with E-state index in [1.165, 1.54) is 6.07 Å². The number of carboxylic acid groups (broad SMARTS) is 1. The van der Waals surface area contributed by atoms with Crippen molar-refractivity contribution in [3.8, 4) is 11.5 Å². The van der Waals surface area contributed by atoms with E-state index in [4.69, 9.17) is 19.0 Å². The summed E-state index contributed by atoms with van der Waals surface area (Å²) in [5.41, 5.74) is 1.64. The average Bonchev–Trinajstić information content (AvgIpc) is 2.85. The molecule has 0 aliphatic heterocycles. The Morgan fingerprint density at radius 3 is 2.48 bits per heavy atom. The molecule has 1 aromatic heterocycles. The molecule has 0 amide bonds. The predicted octanol–water partition coefficient (Wildman–Crippen LogP) is 4.17. The van der Waals surface area contributed by atoms with E-state index in [0.29, 0.717) is 5.76 Å². The minimum Gasteiger partial charge on any atom is -0.497 e. The van der Waals surface area contributed by atoms with E-state index < -0.39 is 5.97 Å². The van der Waals surface area contributed by atoms with Gasteiger partial charge in [0.25, 0.3) is 0 Å². The molecule has 0 bridgehead atoms. The van der Waals surface area contributed by atoms with Gasteiger partial charge >= 0.3 is 5.97 Å². The van der Waals surface area contributed by atoms with Crippen LogP contribution in [-0.2, 0) is 12.0 Å². The molecule has 0 aliphatic rings. The van der Waals surface area contributed by atoms with Gasteiger partial charge in [0.2, 0.25) is 5.76 Å². The molecule has 0 saturated heterocycles. The molecule has 0 fully saturated rings. The summed E-state index contributed by atoms with van der Waals surface area (Å²) >= 11 is 0. The summed E-state index contributed by atoms with van der Waals surface area (Å²) in [4.78, 5) is 10.9. The van der Waals surface area contributed by atoms with Crippen molar-refractivity contribution in [2.45, 2.75) is 39.7 Å². The third-order valence-corrected chi connectivity index (χ3v) is 3.61. The molecule has 0 atom stereocenters. The lowest BCUT2D eigenvalue weighted by atomic mass is 9.86. The largest absolute Gasteiger partial charge is 0.497 e. The maximum atomic E-state index is 10.9. The molecule has 0 spiro atoms. The van der Waals surface area contributed by atoms with Gasteiger partial charge in [0, 0.05) is 11.1 Å². The van der Waals surface area contributed by atoms with Crippen molar-refractivity contribution >= 4 is 5.97 Å². The second-order valence-corrected chi connectivity index (χ2v) is 6.40. The van der Waals surface area contributed by atoms with Gasteiger partial charge in [0.15, 0.2) is 0 Å². The molecule has 0 radical (unpaired) electrons. The standard InChI is InChI=1S/C18H22O5/c1-11-12(8-16(23-11)17(19)20)10-22-15-7-6-13(21-5)9-14(15)18(2,3)4/h6-9H,10H2,1-5H3,(H,19,20). The summed E-state index contributed by atoms with van der Waals surface area (Å²) in [5.74, 6) is 0.907. The highest BCUT2D eigenvalue weighted by molar-refractivity contribution is 5.84. The lowest BCUT2D eigenvalue weighted by Gasteiger charge is -2.23. The van der Waals surface area contributed by atoms with E-state index in [-0.39, 0.29) is 17.8 Å². The number of methoxy groups -OCH3 is 1. The summed E-state index contributed by atoms with van der Waals surface area (Å²) in [6.45, 7) is 8.27. The van der Waals surface area contributed by atoms with Crippen LogP contribution in [-0.4, -0.2) is 18.2 Å². The van der Waals surface area contributed by atoms with E-state index in [2.05, 4.69) is 20.8 Å². The van der Waals surface area contributed by atoms with Crippen LogP contribution < -0.4 is 9.47 Å². The Bertz CT molecular complexity index is 707. The minimum absolute atomic E-state index is 0.0770. The third kappa shape index (κ3) is 3.86. The Morgan fingerprint density at radius 2 is 1.96 bits per heavy atom. The van der Waals surface area contributed by atoms with Crippen molar-refractivity contribution in [2.75, 3.05) is 7.11 Å². The lowest BCUT2D eigenvalue weighted by Crippen LogP contribution is -2.13. The van der Waals surface area contributed by atoms with Crippen molar-refractivity contribution in [2.24, 2.45) is 0 Å². The highest BCUT2D eigenvalue weighted by atomic mass is 16.5. The second-order valence-electron chi connectivity index (χ2n) is 6.40. The molecular formula is C18H22O5. The van der Waals surface area contributed by atoms with Crippen LogP contribution in [0.15, 0.2) is 28.7 Å². The maximum Gasteiger partial charge on any atom is 0.371 e. The van der Waals surface area contributed by atoms with Crippen molar-refractivity contribution in [1.29, 1.82) is 0 Å². The number of aryl methyl sites for hydroxylation is 1. The van der Waals surface area contributed by atoms with Gasteiger partial charge in [-0.3, -0.25) is 0 Å². The smallest absolute Gasteiger partial charge is 0.371 e. The Morgan fingerprint density at radius 1 is 1.26 bits per heavy atom. The fourth-order valence-corrected chi connectivity index (χ4v) is 2.27. The van der Waals surface area contributed by atoms with E-state index in [1.807, 2.05) is 18.2 Å². The number of hydrogen-bond acceptors (Lipinski definition) is 4. The van der Waals surface area contributed by atoms with Crippen LogP contribution in [0.1, 0.15) is 48.2 Å². The molecule has 5 heteroatoms. The number of rotatable bonds is 5. The molecule has 1 aromatic carbocycles. The zero-order chi connectivity index (χ0) is 17.2. The van der Waals surface area contributed by atoms with E-state index in [1.54, 1.807) is 14.0 Å². The first-order chi connectivity index (χ1) is 10.7. The van der Waals surface area contributed by atoms with Gasteiger partial charge in [-0.05, 0) is 36.6 Å². The summed E-state index contributed by atoms with van der Waals surface area (Å²) in [6.07, 6.45) is 0. The molecule has 2 rings (SSSR count). The summed E-state index contributed by atoms with van der Waals surface area (Å²) in [5, 5.41) is 8.97. The van der Waals surface area contributed by atoms with Crippen molar-refractivity contribution in [3.05, 3.63) is 46.9 Å². The van der Waals surface area contributed by atoms with Gasteiger partial charge in [0.1, 0.15) is 23.9 Å². The number of ether oxygens (including phenoxy) is 2. The first kappa shape index (κ1) is 16.9. The monoisotopic (exact) mass is 318 g/mol. The summed E-state index contributed by atoms with van der Waals surface area (Å²) in [6, 6.07) is 7.17. The zero-order valence-electron chi connectivity index (χ0n) is 14.1. The first-order valence-corrected chi connectivity index (χ1v) is 7.36. The minimum atomic E-state index is -1.08. The number of furan rings is 1. The molecule has 1 heterocycles. The number of aromatic carboxylic acids is 1. The number of benzene rings is 1. The van der Waals surface area contributed by atoms with Crippen LogP contribution in [0.5, 0.6) is 11.5 Å². The van der Waals surface area contributed by atoms with E-state index >= 15 is 0 Å². The van der Waals surface area contributed by atoms with Gasteiger partial charge < -0.3 is 19.0 Å². The Hall–Kier alpha value is -2.43. The van der Waals surface area contributed by atoms with Gasteiger partial charge in [0.05, 0.1) is 7.11 Å². The normalized spacial score (nSPS) is 11.3. The van der Waals surface area contributed by atoms with E-state index in [9.17, 15) is 4.79 Å². The third-order valence-electron chi connectivity index (χ3n) is 3.61. The molecule has 0 saturated carbocycles.